The molecule has 3 N–H and O–H groups in total. The van der Waals surface area contributed by atoms with Crippen LogP contribution in [0.1, 0.15) is 130 Å². The Bertz CT molecular complexity index is 1510. The van der Waals surface area contributed by atoms with E-state index in [1.165, 1.54) is 0 Å². The van der Waals surface area contributed by atoms with Crippen LogP contribution in [0.3, 0.4) is 0 Å². The number of ether oxygens (including phenoxy) is 2. The van der Waals surface area contributed by atoms with E-state index in [4.69, 9.17) is 15.2 Å². The zero-order valence-corrected chi connectivity index (χ0v) is 32.7. The molecule has 8 fully saturated rings. The minimum atomic E-state index is -1.10. The molecule has 6 aliphatic carbocycles. The lowest BCUT2D eigenvalue weighted by molar-refractivity contribution is -0.240. The fraction of sp³-hybridized carbons (Fsp3) is 0.905. The number of piperidine rings is 2. The molecular formula is C42H65N3O7. The summed E-state index contributed by atoms with van der Waals surface area (Å²) in [6.45, 7) is 9.43. The molecule has 15 atom stereocenters. The summed E-state index contributed by atoms with van der Waals surface area (Å²) in [6, 6.07) is 0.311. The van der Waals surface area contributed by atoms with Gasteiger partial charge in [0.15, 0.2) is 6.10 Å². The quantitative estimate of drug-likeness (QED) is 0.339. The van der Waals surface area contributed by atoms with E-state index in [0.717, 1.165) is 77.0 Å². The van der Waals surface area contributed by atoms with Crippen LogP contribution in [0.15, 0.2) is 0 Å². The second-order valence-electron chi connectivity index (χ2n) is 20.0. The number of carboxylic acids is 1. The monoisotopic (exact) mass is 723 g/mol. The molecule has 0 aromatic heterocycles. The number of carbonyl (C=O) groups is 4. The number of carbonyl (C=O) groups excluding carboxylic acids is 3. The van der Waals surface area contributed by atoms with Crippen LogP contribution < -0.4 is 5.73 Å². The second-order valence-corrected chi connectivity index (χ2v) is 20.0. The van der Waals surface area contributed by atoms with Crippen molar-refractivity contribution in [1.82, 2.24) is 9.80 Å². The molecule has 0 aromatic carbocycles. The number of primary amides is 1. The number of carboxylic acid groups (broad SMARTS) is 1. The first-order valence-corrected chi connectivity index (χ1v) is 20.8. The van der Waals surface area contributed by atoms with Crippen molar-refractivity contribution in [2.75, 3.05) is 20.7 Å². The van der Waals surface area contributed by atoms with E-state index >= 15 is 0 Å². The van der Waals surface area contributed by atoms with Crippen LogP contribution >= 0.6 is 0 Å². The van der Waals surface area contributed by atoms with Gasteiger partial charge in [-0.25, -0.2) is 4.79 Å². The third kappa shape index (κ3) is 4.86. The molecule has 0 spiro atoms. The van der Waals surface area contributed by atoms with E-state index in [2.05, 4.69) is 27.7 Å². The van der Waals surface area contributed by atoms with Gasteiger partial charge in [-0.15, -0.1) is 0 Å². The molecule has 10 nitrogen and oxygen atoms in total. The molecule has 290 valence electrons. The fourth-order valence-corrected chi connectivity index (χ4v) is 16.1. The molecule has 0 aromatic rings. The number of likely N-dealkylation sites (N-methyl/N-ethyl adjacent to an activating group) is 1. The minimum Gasteiger partial charge on any atom is -0.479 e. The number of likely N-dealkylation sites (tertiary alicyclic amines) is 2. The minimum absolute atomic E-state index is 0.00134. The van der Waals surface area contributed by atoms with Gasteiger partial charge in [-0.2, -0.15) is 0 Å². The average molecular weight is 724 g/mol. The molecule has 3 amide bonds. The Hall–Kier alpha value is -2.20. The van der Waals surface area contributed by atoms with E-state index in [-0.39, 0.29) is 52.8 Å². The standard InChI is InChI=1S/C42H65N3O7/c1-38-20-16-34(47)44(5)30(38)10-7-24-26-9-12-32(40(26,3)18-14-28(24)38)52-36(37(49)50)42-22-13-25-27-8-11-31(51-23-33(43)46)39(27,2)19-15-29(25)41(42,4)21-17-35(48)45(42)6/h24-32,36H,7-23H2,1-6H3,(H2,43,46)(H,49,50)/t24?,25?,26?,27?,28?,29?,30?,31-,32-,36?,38+,39-,40-,41+,42?/m0/s1. The molecule has 8 aliphatic rings. The number of nitrogens with zero attached hydrogens (tertiary/aromatic N) is 2. The maximum absolute atomic E-state index is 13.8. The Kier molecular flexibility index (Phi) is 8.77. The third-order valence-electron chi connectivity index (χ3n) is 18.7. The van der Waals surface area contributed by atoms with Crippen molar-refractivity contribution in [2.45, 2.75) is 160 Å². The highest BCUT2D eigenvalue weighted by atomic mass is 16.5. The normalized spacial score (nSPS) is 50.3. The number of rotatable bonds is 7. The number of hydrogen-bond acceptors (Lipinski definition) is 6. The second kappa shape index (κ2) is 12.4. The topological polar surface area (TPSA) is 139 Å². The zero-order chi connectivity index (χ0) is 37.2. The van der Waals surface area contributed by atoms with Gasteiger partial charge in [0, 0.05) is 33.0 Å². The summed E-state index contributed by atoms with van der Waals surface area (Å²) in [5.74, 6) is 1.66. The molecule has 10 heteroatoms. The van der Waals surface area contributed by atoms with Gasteiger partial charge in [-0.3, -0.25) is 14.4 Å². The Morgan fingerprint density at radius 3 is 2.00 bits per heavy atom. The highest BCUT2D eigenvalue weighted by Crippen LogP contribution is 2.70. The first kappa shape index (κ1) is 36.8. The molecule has 0 bridgehead atoms. The molecule has 2 heterocycles. The molecule has 0 radical (unpaired) electrons. The van der Waals surface area contributed by atoms with Crippen molar-refractivity contribution in [3.8, 4) is 0 Å². The first-order valence-electron chi connectivity index (χ1n) is 20.8. The molecular weight excluding hydrogens is 658 g/mol. The van der Waals surface area contributed by atoms with Gasteiger partial charge in [0.25, 0.3) is 0 Å². The fourth-order valence-electron chi connectivity index (χ4n) is 16.1. The summed E-state index contributed by atoms with van der Waals surface area (Å²) < 4.78 is 13.3. The largest absolute Gasteiger partial charge is 0.479 e. The van der Waals surface area contributed by atoms with E-state index in [0.29, 0.717) is 61.3 Å². The van der Waals surface area contributed by atoms with Crippen LogP contribution in [-0.4, -0.2) is 89.2 Å². The highest BCUT2D eigenvalue weighted by molar-refractivity contribution is 5.82. The summed E-state index contributed by atoms with van der Waals surface area (Å²) in [5.41, 5.74) is 4.09. The van der Waals surface area contributed by atoms with Crippen molar-refractivity contribution in [3.63, 3.8) is 0 Å². The Balaban J connectivity index is 1.07. The van der Waals surface area contributed by atoms with Crippen LogP contribution in [0.4, 0.5) is 0 Å². The number of aliphatic carboxylic acids is 1. The maximum atomic E-state index is 13.8. The Labute approximate surface area is 310 Å². The number of hydrogen-bond donors (Lipinski definition) is 2. The van der Waals surface area contributed by atoms with Crippen molar-refractivity contribution < 1.29 is 33.8 Å². The highest BCUT2D eigenvalue weighted by Gasteiger charge is 2.71. The molecule has 6 saturated carbocycles. The van der Waals surface area contributed by atoms with Crippen LogP contribution in [0.2, 0.25) is 0 Å². The van der Waals surface area contributed by atoms with Crippen LogP contribution in [0, 0.1) is 57.2 Å². The average Bonchev–Trinajstić information content (AvgIpc) is 3.62. The molecule has 2 aliphatic heterocycles. The lowest BCUT2D eigenvalue weighted by Crippen LogP contribution is -2.75. The van der Waals surface area contributed by atoms with E-state index in [9.17, 15) is 24.3 Å². The number of nitrogens with two attached hydrogens (primary N) is 1. The SMILES string of the molecule is CN1C(=O)CC[C@]2(C)C3CC[C@@]4(C)C(CC[C@@H]4OC(C(=O)O)C45CCC6C7CC[C@H](OCC(N)=O)[C@@]7(C)CCC6[C@@]4(C)CCC(=O)N5C)C3CCC12. The molecule has 2 saturated heterocycles. The maximum Gasteiger partial charge on any atom is 0.335 e. The molecule has 8 rings (SSSR count). The zero-order valence-electron chi connectivity index (χ0n) is 32.7. The smallest absolute Gasteiger partial charge is 0.335 e. The van der Waals surface area contributed by atoms with Gasteiger partial charge < -0.3 is 30.1 Å². The predicted molar refractivity (Wildman–Crippen MR) is 195 cm³/mol. The summed E-state index contributed by atoms with van der Waals surface area (Å²) in [5, 5.41) is 11.3. The Morgan fingerprint density at radius 2 is 1.33 bits per heavy atom. The lowest BCUT2D eigenvalue weighted by atomic mass is 9.42. The van der Waals surface area contributed by atoms with Crippen LogP contribution in [0.25, 0.3) is 0 Å². The van der Waals surface area contributed by atoms with Crippen molar-refractivity contribution in [3.05, 3.63) is 0 Å². The van der Waals surface area contributed by atoms with Crippen molar-refractivity contribution in [1.29, 1.82) is 0 Å². The van der Waals surface area contributed by atoms with Crippen molar-refractivity contribution >= 4 is 23.7 Å². The van der Waals surface area contributed by atoms with Gasteiger partial charge in [0.2, 0.25) is 17.7 Å². The van der Waals surface area contributed by atoms with Gasteiger partial charge in [-0.05, 0) is 147 Å². The van der Waals surface area contributed by atoms with Crippen molar-refractivity contribution in [2.24, 2.45) is 62.9 Å². The summed E-state index contributed by atoms with van der Waals surface area (Å²) >= 11 is 0. The van der Waals surface area contributed by atoms with E-state index in [1.807, 2.05) is 23.9 Å². The molecule has 52 heavy (non-hydrogen) atoms. The summed E-state index contributed by atoms with van der Waals surface area (Å²) in [6.07, 6.45) is 13.0. The van der Waals surface area contributed by atoms with Gasteiger partial charge >= 0.3 is 5.97 Å². The van der Waals surface area contributed by atoms with Crippen LogP contribution in [-0.2, 0) is 28.7 Å². The third-order valence-corrected chi connectivity index (χ3v) is 18.7. The predicted octanol–water partition coefficient (Wildman–Crippen LogP) is 5.79. The lowest BCUT2D eigenvalue weighted by Gasteiger charge is -2.68. The number of fused-ring (bicyclic) bond motifs is 10. The summed E-state index contributed by atoms with van der Waals surface area (Å²) in [7, 11) is 3.87. The number of amides is 3. The Morgan fingerprint density at radius 1 is 0.731 bits per heavy atom. The summed E-state index contributed by atoms with van der Waals surface area (Å²) in [4.78, 5) is 55.8. The van der Waals surface area contributed by atoms with E-state index < -0.39 is 28.9 Å². The van der Waals surface area contributed by atoms with E-state index in [1.54, 1.807) is 0 Å². The van der Waals surface area contributed by atoms with Crippen LogP contribution in [0.5, 0.6) is 0 Å². The first-order chi connectivity index (χ1) is 24.5. The molecule has 9 unspecified atom stereocenters. The van der Waals surface area contributed by atoms with Gasteiger partial charge in [0.1, 0.15) is 6.61 Å². The van der Waals surface area contributed by atoms with Gasteiger partial charge in [0.05, 0.1) is 17.7 Å². The van der Waals surface area contributed by atoms with Gasteiger partial charge in [-0.1, -0.05) is 27.7 Å².